The summed E-state index contributed by atoms with van der Waals surface area (Å²) < 4.78 is 17.3. The van der Waals surface area contributed by atoms with Gasteiger partial charge < -0.3 is 14.0 Å². The monoisotopic (exact) mass is 268 g/mol. The van der Waals surface area contributed by atoms with Gasteiger partial charge in [0.25, 0.3) is 0 Å². The first-order valence-corrected chi connectivity index (χ1v) is 6.34. The average molecular weight is 269 g/mol. The Morgan fingerprint density at radius 1 is 1.11 bits per heavy atom. The maximum atomic E-state index is 6.23. The molecule has 1 aliphatic heterocycles. The Hall–Kier alpha value is -0.705. The molecule has 0 saturated carbocycles. The Morgan fingerprint density at radius 2 is 1.67 bits per heavy atom. The van der Waals surface area contributed by atoms with E-state index in [9.17, 15) is 0 Å². The highest BCUT2D eigenvalue weighted by atomic mass is 35.5. The van der Waals surface area contributed by atoms with E-state index in [2.05, 4.69) is 0 Å². The number of halogens is 1. The maximum absolute atomic E-state index is 6.23. The SMILES string of the molecule is COc1cccc(Cl)c1B1OC(C)(C)C(C)(C)O1. The lowest BCUT2D eigenvalue weighted by Crippen LogP contribution is -2.41. The van der Waals surface area contributed by atoms with Gasteiger partial charge in [-0.2, -0.15) is 0 Å². The van der Waals surface area contributed by atoms with E-state index in [4.69, 9.17) is 25.6 Å². The van der Waals surface area contributed by atoms with E-state index in [0.29, 0.717) is 10.8 Å². The molecule has 3 nitrogen and oxygen atoms in total. The van der Waals surface area contributed by atoms with Crippen LogP contribution in [0.3, 0.4) is 0 Å². The number of ether oxygens (including phenoxy) is 1. The quantitative estimate of drug-likeness (QED) is 0.772. The predicted octanol–water partition coefficient (Wildman–Crippen LogP) is 2.65. The standard InChI is InChI=1S/C13H18BClO3/c1-12(2)13(3,4)18-14(17-12)11-9(15)7-6-8-10(11)16-5/h6-8H,1-5H3. The maximum Gasteiger partial charge on any atom is 0.500 e. The van der Waals surface area contributed by atoms with Crippen LogP contribution in [0, 0.1) is 0 Å². The summed E-state index contributed by atoms with van der Waals surface area (Å²) in [6.07, 6.45) is 0. The number of hydrogen-bond donors (Lipinski definition) is 0. The Kier molecular flexibility index (Phi) is 3.39. The van der Waals surface area contributed by atoms with Gasteiger partial charge in [-0.3, -0.25) is 0 Å². The van der Waals surface area contributed by atoms with Crippen LogP contribution >= 0.6 is 11.6 Å². The van der Waals surface area contributed by atoms with E-state index in [-0.39, 0.29) is 11.2 Å². The zero-order chi connectivity index (χ0) is 13.6. The second-order valence-electron chi connectivity index (χ2n) is 5.44. The fraction of sp³-hybridized carbons (Fsp3) is 0.538. The molecule has 5 heteroatoms. The van der Waals surface area contributed by atoms with Gasteiger partial charge in [-0.05, 0) is 39.8 Å². The number of hydrogen-bond acceptors (Lipinski definition) is 3. The first-order valence-electron chi connectivity index (χ1n) is 5.96. The van der Waals surface area contributed by atoms with Crippen molar-refractivity contribution >= 4 is 24.2 Å². The van der Waals surface area contributed by atoms with Crippen LogP contribution in [-0.2, 0) is 9.31 Å². The van der Waals surface area contributed by atoms with Gasteiger partial charge in [-0.15, -0.1) is 0 Å². The molecule has 1 aromatic carbocycles. The molecule has 0 spiro atoms. The lowest BCUT2D eigenvalue weighted by molar-refractivity contribution is 0.00578. The number of benzene rings is 1. The van der Waals surface area contributed by atoms with Crippen molar-refractivity contribution in [2.75, 3.05) is 7.11 Å². The molecule has 2 rings (SSSR count). The van der Waals surface area contributed by atoms with Crippen LogP contribution in [0.25, 0.3) is 0 Å². The molecule has 0 bridgehead atoms. The van der Waals surface area contributed by atoms with Crippen molar-refractivity contribution in [1.82, 2.24) is 0 Å². The lowest BCUT2D eigenvalue weighted by Gasteiger charge is -2.32. The van der Waals surface area contributed by atoms with Crippen molar-refractivity contribution < 1.29 is 14.0 Å². The summed E-state index contributed by atoms with van der Waals surface area (Å²) in [6, 6.07) is 5.51. The molecule has 1 heterocycles. The minimum absolute atomic E-state index is 0.387. The molecule has 0 unspecified atom stereocenters. The Bertz CT molecular complexity index is 444. The second kappa shape index (κ2) is 4.44. The first kappa shape index (κ1) is 13.7. The number of methoxy groups -OCH3 is 1. The van der Waals surface area contributed by atoms with Gasteiger partial charge in [0.15, 0.2) is 0 Å². The highest BCUT2D eigenvalue weighted by molar-refractivity contribution is 6.66. The van der Waals surface area contributed by atoms with Crippen molar-refractivity contribution in [3.63, 3.8) is 0 Å². The first-order chi connectivity index (χ1) is 8.28. The molecule has 1 aromatic rings. The fourth-order valence-corrected chi connectivity index (χ4v) is 2.14. The second-order valence-corrected chi connectivity index (χ2v) is 5.85. The Balaban J connectivity index is 2.41. The third-order valence-electron chi connectivity index (χ3n) is 3.72. The molecule has 0 aliphatic carbocycles. The Morgan fingerprint density at radius 3 is 2.17 bits per heavy atom. The van der Waals surface area contributed by atoms with Crippen LogP contribution in [0.2, 0.25) is 5.02 Å². The van der Waals surface area contributed by atoms with Crippen LogP contribution in [0.5, 0.6) is 5.75 Å². The topological polar surface area (TPSA) is 27.7 Å². The van der Waals surface area contributed by atoms with Gasteiger partial charge in [-0.1, -0.05) is 17.7 Å². The molecule has 98 valence electrons. The van der Waals surface area contributed by atoms with Crippen molar-refractivity contribution in [2.45, 2.75) is 38.9 Å². The fourth-order valence-electron chi connectivity index (χ4n) is 1.88. The zero-order valence-corrected chi connectivity index (χ0v) is 12.2. The van der Waals surface area contributed by atoms with E-state index >= 15 is 0 Å². The van der Waals surface area contributed by atoms with Crippen LogP contribution in [0.4, 0.5) is 0 Å². The van der Waals surface area contributed by atoms with Gasteiger partial charge in [0.1, 0.15) is 5.75 Å². The van der Waals surface area contributed by atoms with Crippen LogP contribution in [0.15, 0.2) is 18.2 Å². The van der Waals surface area contributed by atoms with Gasteiger partial charge in [-0.25, -0.2) is 0 Å². The minimum Gasteiger partial charge on any atom is -0.497 e. The molecule has 1 aliphatic rings. The molecule has 0 radical (unpaired) electrons. The molecular weight excluding hydrogens is 250 g/mol. The van der Waals surface area contributed by atoms with Crippen LogP contribution in [-0.4, -0.2) is 25.4 Å². The molecular formula is C13H18BClO3. The summed E-state index contributed by atoms with van der Waals surface area (Å²) >= 11 is 6.23. The van der Waals surface area contributed by atoms with Gasteiger partial charge in [0.05, 0.1) is 18.3 Å². The van der Waals surface area contributed by atoms with Gasteiger partial charge in [0.2, 0.25) is 0 Å². The summed E-state index contributed by atoms with van der Waals surface area (Å²) in [7, 11) is 1.11. The van der Waals surface area contributed by atoms with Gasteiger partial charge >= 0.3 is 7.12 Å². The summed E-state index contributed by atoms with van der Waals surface area (Å²) in [5, 5.41) is 0.591. The Labute approximate surface area is 114 Å². The molecule has 0 atom stereocenters. The molecule has 0 aromatic heterocycles. The van der Waals surface area contributed by atoms with Gasteiger partial charge in [0, 0.05) is 10.5 Å². The highest BCUT2D eigenvalue weighted by Gasteiger charge is 2.53. The van der Waals surface area contributed by atoms with Crippen molar-refractivity contribution in [2.24, 2.45) is 0 Å². The number of rotatable bonds is 2. The zero-order valence-electron chi connectivity index (χ0n) is 11.4. The molecule has 0 amide bonds. The molecule has 0 N–H and O–H groups in total. The largest absolute Gasteiger partial charge is 0.500 e. The third-order valence-corrected chi connectivity index (χ3v) is 4.05. The van der Waals surface area contributed by atoms with Crippen molar-refractivity contribution in [3.05, 3.63) is 23.2 Å². The average Bonchev–Trinajstić information content (AvgIpc) is 2.47. The summed E-state index contributed by atoms with van der Waals surface area (Å²) in [5.74, 6) is 0.681. The molecule has 1 saturated heterocycles. The molecule has 1 fully saturated rings. The summed E-state index contributed by atoms with van der Waals surface area (Å²) in [4.78, 5) is 0. The van der Waals surface area contributed by atoms with E-state index in [1.54, 1.807) is 7.11 Å². The normalized spacial score (nSPS) is 21.1. The minimum atomic E-state index is -0.501. The van der Waals surface area contributed by atoms with E-state index < -0.39 is 7.12 Å². The summed E-state index contributed by atoms with van der Waals surface area (Å²) in [5.41, 5.74) is -0.0238. The van der Waals surface area contributed by atoms with E-state index in [1.807, 2.05) is 45.9 Å². The molecule has 18 heavy (non-hydrogen) atoms. The van der Waals surface area contributed by atoms with Crippen molar-refractivity contribution in [3.8, 4) is 5.75 Å². The van der Waals surface area contributed by atoms with Crippen molar-refractivity contribution in [1.29, 1.82) is 0 Å². The summed E-state index contributed by atoms with van der Waals surface area (Å²) in [6.45, 7) is 8.04. The third kappa shape index (κ3) is 2.13. The van der Waals surface area contributed by atoms with Crippen LogP contribution in [0.1, 0.15) is 27.7 Å². The van der Waals surface area contributed by atoms with E-state index in [0.717, 1.165) is 5.46 Å². The smallest absolute Gasteiger partial charge is 0.497 e. The highest BCUT2D eigenvalue weighted by Crippen LogP contribution is 2.37. The lowest BCUT2D eigenvalue weighted by atomic mass is 9.78. The van der Waals surface area contributed by atoms with Crippen LogP contribution < -0.4 is 10.2 Å². The predicted molar refractivity (Wildman–Crippen MR) is 73.7 cm³/mol. The van der Waals surface area contributed by atoms with E-state index in [1.165, 1.54) is 0 Å².